The second-order valence-corrected chi connectivity index (χ2v) is 6.14. The monoisotopic (exact) mass is 302 g/mol. The first kappa shape index (κ1) is 13.4. The Balaban J connectivity index is 1.96. The van der Waals surface area contributed by atoms with Crippen LogP contribution in [0.25, 0.3) is 11.0 Å². The van der Waals surface area contributed by atoms with Gasteiger partial charge in [-0.3, -0.25) is 4.72 Å². The first-order chi connectivity index (χ1) is 10.1. The number of rotatable bonds is 4. The summed E-state index contributed by atoms with van der Waals surface area (Å²) in [6, 6.07) is 10.4. The maximum atomic E-state index is 12.5. The van der Waals surface area contributed by atoms with Crippen LogP contribution in [-0.2, 0) is 10.0 Å². The number of benzene rings is 1. The highest BCUT2D eigenvalue weighted by atomic mass is 32.2. The Bertz CT molecular complexity index is 869. The minimum Gasteiger partial charge on any atom is -0.388 e. The summed E-state index contributed by atoms with van der Waals surface area (Å²) in [5.41, 5.74) is 1.96. The number of fused-ring (bicyclic) bond motifs is 1. The lowest BCUT2D eigenvalue weighted by Crippen LogP contribution is -2.12. The third-order valence-electron chi connectivity index (χ3n) is 3.13. The molecule has 0 unspecified atom stereocenters. The van der Waals surface area contributed by atoms with Crippen LogP contribution < -0.4 is 10.0 Å². The molecule has 6 nitrogen and oxygen atoms in total. The second kappa shape index (κ2) is 5.10. The number of sulfonamides is 1. The van der Waals surface area contributed by atoms with Gasteiger partial charge >= 0.3 is 0 Å². The molecule has 0 amide bonds. The fourth-order valence-electron chi connectivity index (χ4n) is 2.07. The Kier molecular flexibility index (Phi) is 3.26. The molecule has 2 heterocycles. The van der Waals surface area contributed by atoms with Gasteiger partial charge in [-0.05, 0) is 36.4 Å². The molecule has 3 N–H and O–H groups in total. The van der Waals surface area contributed by atoms with Crippen LogP contribution in [0.15, 0.2) is 53.7 Å². The van der Waals surface area contributed by atoms with Gasteiger partial charge in [-0.25, -0.2) is 13.4 Å². The van der Waals surface area contributed by atoms with Gasteiger partial charge in [0.15, 0.2) is 0 Å². The molecule has 2 aromatic heterocycles. The SMILES string of the molecule is CNc1ccc(NS(=O)(=O)c2c[nH]c3ncccc23)cc1. The summed E-state index contributed by atoms with van der Waals surface area (Å²) in [5, 5.41) is 3.54. The Labute approximate surface area is 122 Å². The van der Waals surface area contributed by atoms with Gasteiger partial charge in [-0.15, -0.1) is 0 Å². The molecule has 0 saturated carbocycles. The van der Waals surface area contributed by atoms with Gasteiger partial charge in [0.25, 0.3) is 10.0 Å². The zero-order valence-electron chi connectivity index (χ0n) is 11.3. The number of hydrogen-bond acceptors (Lipinski definition) is 4. The Morgan fingerprint density at radius 2 is 1.81 bits per heavy atom. The van der Waals surface area contributed by atoms with E-state index >= 15 is 0 Å². The van der Waals surface area contributed by atoms with E-state index in [0.717, 1.165) is 5.69 Å². The maximum Gasteiger partial charge on any atom is 0.264 e. The highest BCUT2D eigenvalue weighted by Gasteiger charge is 2.19. The van der Waals surface area contributed by atoms with Crippen molar-refractivity contribution in [1.29, 1.82) is 0 Å². The molecule has 3 aromatic rings. The Hall–Kier alpha value is -2.54. The summed E-state index contributed by atoms with van der Waals surface area (Å²) < 4.78 is 27.5. The average Bonchev–Trinajstić information content (AvgIpc) is 2.92. The molecule has 0 radical (unpaired) electrons. The Morgan fingerprint density at radius 1 is 1.10 bits per heavy atom. The lowest BCUT2D eigenvalue weighted by molar-refractivity contribution is 0.602. The van der Waals surface area contributed by atoms with E-state index in [1.165, 1.54) is 6.20 Å². The summed E-state index contributed by atoms with van der Waals surface area (Å²) in [5.74, 6) is 0. The van der Waals surface area contributed by atoms with Crippen LogP contribution in [0.2, 0.25) is 0 Å². The fourth-order valence-corrected chi connectivity index (χ4v) is 3.29. The largest absolute Gasteiger partial charge is 0.388 e. The number of nitrogens with zero attached hydrogens (tertiary/aromatic N) is 1. The number of aromatic nitrogens is 2. The molecule has 0 atom stereocenters. The molecule has 0 aliphatic heterocycles. The van der Waals surface area contributed by atoms with Crippen molar-refractivity contribution in [3.8, 4) is 0 Å². The standard InChI is InChI=1S/C14H14N4O2S/c1-15-10-4-6-11(7-5-10)18-21(19,20)13-9-17-14-12(13)3-2-8-16-14/h2-9,15,18H,1H3,(H,16,17). The van der Waals surface area contributed by atoms with Crippen molar-refractivity contribution < 1.29 is 8.42 Å². The molecular formula is C14H14N4O2S. The van der Waals surface area contributed by atoms with Crippen molar-refractivity contribution in [2.75, 3.05) is 17.1 Å². The lowest BCUT2D eigenvalue weighted by Gasteiger charge is -2.08. The smallest absolute Gasteiger partial charge is 0.264 e. The molecule has 0 saturated heterocycles. The van der Waals surface area contributed by atoms with E-state index in [1.54, 1.807) is 49.6 Å². The van der Waals surface area contributed by atoms with Crippen LogP contribution in [0, 0.1) is 0 Å². The van der Waals surface area contributed by atoms with Crippen molar-refractivity contribution in [1.82, 2.24) is 9.97 Å². The third kappa shape index (κ3) is 2.55. The molecule has 0 aliphatic carbocycles. The van der Waals surface area contributed by atoms with E-state index in [4.69, 9.17) is 0 Å². The van der Waals surface area contributed by atoms with E-state index in [-0.39, 0.29) is 4.90 Å². The molecule has 3 rings (SSSR count). The van der Waals surface area contributed by atoms with Gasteiger partial charge in [-0.1, -0.05) is 0 Å². The molecule has 0 fully saturated rings. The van der Waals surface area contributed by atoms with Gasteiger partial charge in [0.2, 0.25) is 0 Å². The number of nitrogens with one attached hydrogen (secondary N) is 3. The lowest BCUT2D eigenvalue weighted by atomic mass is 10.3. The van der Waals surface area contributed by atoms with E-state index in [2.05, 4.69) is 20.0 Å². The van der Waals surface area contributed by atoms with Crippen molar-refractivity contribution in [2.45, 2.75) is 4.90 Å². The summed E-state index contributed by atoms with van der Waals surface area (Å²) in [4.78, 5) is 7.13. The maximum absolute atomic E-state index is 12.5. The van der Waals surface area contributed by atoms with Crippen LogP contribution in [-0.4, -0.2) is 25.4 Å². The highest BCUT2D eigenvalue weighted by molar-refractivity contribution is 7.93. The van der Waals surface area contributed by atoms with Crippen molar-refractivity contribution in [3.05, 3.63) is 48.8 Å². The zero-order chi connectivity index (χ0) is 14.9. The quantitative estimate of drug-likeness (QED) is 0.690. The normalized spacial score (nSPS) is 11.5. The van der Waals surface area contributed by atoms with Crippen molar-refractivity contribution in [2.24, 2.45) is 0 Å². The molecule has 108 valence electrons. The zero-order valence-corrected chi connectivity index (χ0v) is 12.1. The molecule has 21 heavy (non-hydrogen) atoms. The predicted octanol–water partition coefficient (Wildman–Crippen LogP) is 2.41. The number of H-pyrrole nitrogens is 1. The molecule has 1 aromatic carbocycles. The minimum atomic E-state index is -3.66. The van der Waals surface area contributed by atoms with Crippen LogP contribution in [0.4, 0.5) is 11.4 Å². The van der Waals surface area contributed by atoms with Gasteiger partial charge < -0.3 is 10.3 Å². The number of aromatic amines is 1. The van der Waals surface area contributed by atoms with Crippen LogP contribution in [0.3, 0.4) is 0 Å². The first-order valence-corrected chi connectivity index (χ1v) is 7.81. The van der Waals surface area contributed by atoms with Gasteiger partial charge in [0.05, 0.1) is 0 Å². The number of anilines is 2. The van der Waals surface area contributed by atoms with E-state index in [1.807, 2.05) is 0 Å². The van der Waals surface area contributed by atoms with E-state index in [0.29, 0.717) is 16.7 Å². The van der Waals surface area contributed by atoms with Gasteiger partial charge in [0.1, 0.15) is 10.5 Å². The third-order valence-corrected chi connectivity index (χ3v) is 4.55. The number of pyridine rings is 1. The first-order valence-electron chi connectivity index (χ1n) is 6.33. The van der Waals surface area contributed by atoms with Crippen molar-refractivity contribution in [3.63, 3.8) is 0 Å². The summed E-state index contributed by atoms with van der Waals surface area (Å²) >= 11 is 0. The topological polar surface area (TPSA) is 86.9 Å². The van der Waals surface area contributed by atoms with Crippen LogP contribution in [0.1, 0.15) is 0 Å². The molecule has 0 aliphatic rings. The predicted molar refractivity (Wildman–Crippen MR) is 82.9 cm³/mol. The molecule has 0 spiro atoms. The average molecular weight is 302 g/mol. The van der Waals surface area contributed by atoms with Gasteiger partial charge in [-0.2, -0.15) is 0 Å². The molecular weight excluding hydrogens is 288 g/mol. The van der Waals surface area contributed by atoms with E-state index in [9.17, 15) is 8.42 Å². The molecule has 0 bridgehead atoms. The summed E-state index contributed by atoms with van der Waals surface area (Å²) in [7, 11) is -1.85. The number of hydrogen-bond donors (Lipinski definition) is 3. The fraction of sp³-hybridized carbons (Fsp3) is 0.0714. The second-order valence-electron chi connectivity index (χ2n) is 4.49. The summed E-state index contributed by atoms with van der Waals surface area (Å²) in [6.45, 7) is 0. The highest BCUT2D eigenvalue weighted by Crippen LogP contribution is 2.23. The summed E-state index contributed by atoms with van der Waals surface area (Å²) in [6.07, 6.45) is 3.06. The van der Waals surface area contributed by atoms with Crippen LogP contribution in [0.5, 0.6) is 0 Å². The molecule has 7 heteroatoms. The Morgan fingerprint density at radius 3 is 2.52 bits per heavy atom. The van der Waals surface area contributed by atoms with E-state index < -0.39 is 10.0 Å². The minimum absolute atomic E-state index is 0.184. The van der Waals surface area contributed by atoms with Crippen molar-refractivity contribution >= 4 is 32.4 Å². The van der Waals surface area contributed by atoms with Crippen LogP contribution >= 0.6 is 0 Å². The van der Waals surface area contributed by atoms with Gasteiger partial charge in [0, 0.05) is 36.2 Å².